The minimum atomic E-state index is -0.0204. The van der Waals surface area contributed by atoms with Crippen molar-refractivity contribution in [2.75, 3.05) is 13.1 Å². The zero-order valence-electron chi connectivity index (χ0n) is 14.1. The molecule has 1 fully saturated rings. The van der Waals surface area contributed by atoms with Crippen LogP contribution in [0.2, 0.25) is 0 Å². The van der Waals surface area contributed by atoms with Crippen molar-refractivity contribution in [1.29, 1.82) is 0 Å². The van der Waals surface area contributed by atoms with E-state index in [-0.39, 0.29) is 18.6 Å². The van der Waals surface area contributed by atoms with Crippen LogP contribution in [0.3, 0.4) is 0 Å². The quantitative estimate of drug-likeness (QED) is 0.687. The second-order valence-corrected chi connectivity index (χ2v) is 7.01. The zero-order valence-corrected chi connectivity index (χ0v) is 14.9. The normalized spacial score (nSPS) is 17.4. The van der Waals surface area contributed by atoms with E-state index in [0.717, 1.165) is 29.8 Å². The molecule has 7 nitrogen and oxygen atoms in total. The van der Waals surface area contributed by atoms with Gasteiger partial charge in [0.2, 0.25) is 0 Å². The number of rotatable bonds is 5. The number of piperidine rings is 1. The largest absolute Gasteiger partial charge is 0.368 e. The standard InChI is InChI=1S/C18H18N4O3S/c23-18(15-6-3-9-26-15)22-8-2-5-14(11-22)24-12-16-20-17(25-21-16)13-4-1-7-19-10-13/h1,3-4,6-7,9-10,14H,2,5,8,11-12H2. The highest BCUT2D eigenvalue weighted by Gasteiger charge is 2.25. The SMILES string of the molecule is O=C(c1cccs1)N1CCCC(OCc2noc(-c3cccnc3)n2)C1. The molecule has 0 N–H and O–H groups in total. The second kappa shape index (κ2) is 7.76. The molecule has 0 saturated carbocycles. The summed E-state index contributed by atoms with van der Waals surface area (Å²) in [5, 5.41) is 5.87. The van der Waals surface area contributed by atoms with Gasteiger partial charge in [-0.2, -0.15) is 4.98 Å². The van der Waals surface area contributed by atoms with E-state index in [4.69, 9.17) is 9.26 Å². The molecule has 0 aromatic carbocycles. The number of carbonyl (C=O) groups excluding carboxylic acids is 1. The summed E-state index contributed by atoms with van der Waals surface area (Å²) >= 11 is 1.47. The van der Waals surface area contributed by atoms with E-state index >= 15 is 0 Å². The van der Waals surface area contributed by atoms with E-state index < -0.39 is 0 Å². The summed E-state index contributed by atoms with van der Waals surface area (Å²) in [6.45, 7) is 1.61. The Kier molecular flexibility index (Phi) is 5.03. The number of amides is 1. The third-order valence-electron chi connectivity index (χ3n) is 4.22. The highest BCUT2D eigenvalue weighted by molar-refractivity contribution is 7.12. The summed E-state index contributed by atoms with van der Waals surface area (Å²) in [4.78, 5) is 23.5. The third kappa shape index (κ3) is 3.81. The van der Waals surface area contributed by atoms with Crippen LogP contribution in [-0.2, 0) is 11.3 Å². The number of aromatic nitrogens is 3. The Morgan fingerprint density at radius 2 is 2.35 bits per heavy atom. The molecular formula is C18H18N4O3S. The van der Waals surface area contributed by atoms with Gasteiger partial charge >= 0.3 is 0 Å². The minimum Gasteiger partial charge on any atom is -0.368 e. The van der Waals surface area contributed by atoms with Gasteiger partial charge in [-0.15, -0.1) is 11.3 Å². The molecule has 134 valence electrons. The first-order valence-corrected chi connectivity index (χ1v) is 9.35. The van der Waals surface area contributed by atoms with Gasteiger partial charge in [0.15, 0.2) is 5.82 Å². The average Bonchev–Trinajstić information content (AvgIpc) is 3.39. The smallest absolute Gasteiger partial charge is 0.264 e. The first-order valence-electron chi connectivity index (χ1n) is 8.47. The van der Waals surface area contributed by atoms with Crippen LogP contribution in [0.5, 0.6) is 0 Å². The Hall–Kier alpha value is -2.58. The summed E-state index contributed by atoms with van der Waals surface area (Å²) in [7, 11) is 0. The van der Waals surface area contributed by atoms with Gasteiger partial charge < -0.3 is 14.2 Å². The van der Waals surface area contributed by atoms with Crippen molar-refractivity contribution >= 4 is 17.2 Å². The van der Waals surface area contributed by atoms with Gasteiger partial charge in [0.05, 0.1) is 16.5 Å². The topological polar surface area (TPSA) is 81.4 Å². The van der Waals surface area contributed by atoms with Crippen molar-refractivity contribution in [3.63, 3.8) is 0 Å². The van der Waals surface area contributed by atoms with Gasteiger partial charge in [-0.1, -0.05) is 11.2 Å². The van der Waals surface area contributed by atoms with Crippen LogP contribution in [0.15, 0.2) is 46.6 Å². The van der Waals surface area contributed by atoms with Crippen molar-refractivity contribution in [1.82, 2.24) is 20.0 Å². The zero-order chi connectivity index (χ0) is 17.8. The van der Waals surface area contributed by atoms with Gasteiger partial charge in [0.1, 0.15) is 6.61 Å². The maximum Gasteiger partial charge on any atom is 0.264 e. The number of nitrogens with zero attached hydrogens (tertiary/aromatic N) is 4. The lowest BCUT2D eigenvalue weighted by Crippen LogP contribution is -2.43. The van der Waals surface area contributed by atoms with Gasteiger partial charge in [-0.3, -0.25) is 9.78 Å². The van der Waals surface area contributed by atoms with E-state index in [1.54, 1.807) is 12.4 Å². The highest BCUT2D eigenvalue weighted by atomic mass is 32.1. The van der Waals surface area contributed by atoms with Crippen LogP contribution >= 0.6 is 11.3 Å². The molecule has 0 spiro atoms. The third-order valence-corrected chi connectivity index (χ3v) is 5.08. The van der Waals surface area contributed by atoms with Crippen LogP contribution in [0.25, 0.3) is 11.5 Å². The van der Waals surface area contributed by atoms with Gasteiger partial charge in [-0.25, -0.2) is 0 Å². The number of carbonyl (C=O) groups is 1. The lowest BCUT2D eigenvalue weighted by Gasteiger charge is -2.32. The molecule has 1 aliphatic heterocycles. The van der Waals surface area contributed by atoms with Crippen LogP contribution in [0, 0.1) is 0 Å². The van der Waals surface area contributed by atoms with Crippen molar-refractivity contribution in [2.24, 2.45) is 0 Å². The molecule has 3 aromatic heterocycles. The van der Waals surface area contributed by atoms with E-state index in [0.29, 0.717) is 18.3 Å². The van der Waals surface area contributed by atoms with Crippen molar-refractivity contribution in [3.05, 3.63) is 52.7 Å². The maximum absolute atomic E-state index is 12.5. The van der Waals surface area contributed by atoms with Crippen LogP contribution in [-0.4, -0.2) is 45.1 Å². The van der Waals surface area contributed by atoms with E-state index in [2.05, 4.69) is 15.1 Å². The molecule has 1 unspecified atom stereocenters. The number of likely N-dealkylation sites (tertiary alicyclic amines) is 1. The number of thiophene rings is 1. The highest BCUT2D eigenvalue weighted by Crippen LogP contribution is 2.20. The predicted octanol–water partition coefficient (Wildman–Crippen LogP) is 3.01. The lowest BCUT2D eigenvalue weighted by molar-refractivity contribution is -0.00948. The fourth-order valence-corrected chi connectivity index (χ4v) is 3.62. The Balaban J connectivity index is 1.33. The molecule has 1 atom stereocenters. The van der Waals surface area contributed by atoms with Crippen molar-refractivity contribution in [2.45, 2.75) is 25.6 Å². The molecule has 0 bridgehead atoms. The Labute approximate surface area is 154 Å². The molecule has 8 heteroatoms. The van der Waals surface area contributed by atoms with Gasteiger partial charge in [-0.05, 0) is 36.4 Å². The lowest BCUT2D eigenvalue weighted by atomic mass is 10.1. The molecule has 0 radical (unpaired) electrons. The summed E-state index contributed by atoms with van der Waals surface area (Å²) in [5.41, 5.74) is 0.775. The van der Waals surface area contributed by atoms with E-state index in [1.165, 1.54) is 11.3 Å². The van der Waals surface area contributed by atoms with E-state index in [9.17, 15) is 4.79 Å². The first-order chi connectivity index (χ1) is 12.8. The van der Waals surface area contributed by atoms with Gasteiger partial charge in [0.25, 0.3) is 11.8 Å². The van der Waals surface area contributed by atoms with E-state index in [1.807, 2.05) is 34.5 Å². The number of pyridine rings is 1. The monoisotopic (exact) mass is 370 g/mol. The Morgan fingerprint density at radius 1 is 1.38 bits per heavy atom. The molecule has 1 saturated heterocycles. The summed E-state index contributed by atoms with van der Waals surface area (Å²) < 4.78 is 11.2. The molecule has 26 heavy (non-hydrogen) atoms. The molecule has 1 amide bonds. The summed E-state index contributed by atoms with van der Waals surface area (Å²) in [6, 6.07) is 7.43. The Bertz CT molecular complexity index is 850. The van der Waals surface area contributed by atoms with Crippen LogP contribution in [0.1, 0.15) is 28.3 Å². The number of ether oxygens (including phenoxy) is 1. The molecule has 4 rings (SSSR count). The maximum atomic E-state index is 12.5. The van der Waals surface area contributed by atoms with Crippen molar-refractivity contribution in [3.8, 4) is 11.5 Å². The second-order valence-electron chi connectivity index (χ2n) is 6.06. The van der Waals surface area contributed by atoms with Crippen LogP contribution < -0.4 is 0 Å². The molecule has 0 aliphatic carbocycles. The molecule has 1 aliphatic rings. The summed E-state index contributed by atoms with van der Waals surface area (Å²) in [5.74, 6) is 0.993. The Morgan fingerprint density at radius 3 is 3.15 bits per heavy atom. The minimum absolute atomic E-state index is 0.0204. The molecule has 3 aromatic rings. The molecule has 4 heterocycles. The fourth-order valence-electron chi connectivity index (χ4n) is 2.93. The molecular weight excluding hydrogens is 352 g/mol. The average molecular weight is 370 g/mol. The first kappa shape index (κ1) is 16.9. The summed E-state index contributed by atoms with van der Waals surface area (Å²) in [6.07, 6.45) is 5.19. The van der Waals surface area contributed by atoms with Crippen LogP contribution in [0.4, 0.5) is 0 Å². The van der Waals surface area contributed by atoms with Gasteiger partial charge in [0, 0.05) is 25.5 Å². The number of hydrogen-bond donors (Lipinski definition) is 0. The van der Waals surface area contributed by atoms with Crippen molar-refractivity contribution < 1.29 is 14.1 Å². The predicted molar refractivity (Wildman–Crippen MR) is 95.6 cm³/mol. The fraction of sp³-hybridized carbons (Fsp3) is 0.333. The number of hydrogen-bond acceptors (Lipinski definition) is 7.